The number of carbonyl (C=O) groups is 1. The first-order valence-electron chi connectivity index (χ1n) is 8.12. The summed E-state index contributed by atoms with van der Waals surface area (Å²) < 4.78 is 0. The Bertz CT molecular complexity index is 290. The molecule has 0 spiro atoms. The van der Waals surface area contributed by atoms with E-state index >= 15 is 0 Å². The Labute approximate surface area is 123 Å². The van der Waals surface area contributed by atoms with Crippen molar-refractivity contribution in [3.05, 3.63) is 0 Å². The van der Waals surface area contributed by atoms with E-state index in [-0.39, 0.29) is 18.1 Å². The quantitative estimate of drug-likeness (QED) is 0.706. The summed E-state index contributed by atoms with van der Waals surface area (Å²) in [6.07, 6.45) is 6.69. The first-order chi connectivity index (χ1) is 9.48. The number of aliphatic hydroxyl groups excluding tert-OH is 1. The summed E-state index contributed by atoms with van der Waals surface area (Å²) in [4.78, 5) is 14.1. The molecule has 1 saturated heterocycles. The van der Waals surface area contributed by atoms with E-state index in [9.17, 15) is 9.90 Å². The third kappa shape index (κ3) is 6.12. The average molecular weight is 284 g/mol. The van der Waals surface area contributed by atoms with E-state index in [1.807, 2.05) is 4.90 Å². The number of hydrogen-bond donors (Lipinski definition) is 2. The Kier molecular flexibility index (Phi) is 7.35. The molecule has 1 aliphatic rings. The van der Waals surface area contributed by atoms with Gasteiger partial charge in [-0.1, -0.05) is 27.2 Å². The molecule has 0 aromatic carbocycles. The van der Waals surface area contributed by atoms with Crippen LogP contribution in [-0.2, 0) is 0 Å². The van der Waals surface area contributed by atoms with Crippen LogP contribution >= 0.6 is 0 Å². The fourth-order valence-corrected chi connectivity index (χ4v) is 2.85. The minimum absolute atomic E-state index is 0.0396. The van der Waals surface area contributed by atoms with Gasteiger partial charge >= 0.3 is 6.03 Å². The van der Waals surface area contributed by atoms with Gasteiger partial charge in [0.25, 0.3) is 0 Å². The molecule has 1 fully saturated rings. The SMILES string of the molecule is CCCC1CCCN(C(=O)NCCCC(C)(C)CO)C1. The Hall–Kier alpha value is -0.770. The first-order valence-corrected chi connectivity index (χ1v) is 8.12. The molecule has 1 rings (SSSR count). The van der Waals surface area contributed by atoms with E-state index in [1.165, 1.54) is 19.3 Å². The van der Waals surface area contributed by atoms with Crippen LogP contribution in [0.3, 0.4) is 0 Å². The maximum Gasteiger partial charge on any atom is 0.317 e. The number of nitrogens with one attached hydrogen (secondary N) is 1. The van der Waals surface area contributed by atoms with Crippen molar-refractivity contribution in [2.24, 2.45) is 11.3 Å². The Morgan fingerprint density at radius 1 is 1.45 bits per heavy atom. The van der Waals surface area contributed by atoms with Gasteiger partial charge in [0, 0.05) is 26.2 Å². The molecule has 20 heavy (non-hydrogen) atoms. The maximum absolute atomic E-state index is 12.1. The fourth-order valence-electron chi connectivity index (χ4n) is 2.85. The molecule has 0 aromatic rings. The van der Waals surface area contributed by atoms with Crippen molar-refractivity contribution in [1.29, 1.82) is 0 Å². The minimum atomic E-state index is -0.0396. The van der Waals surface area contributed by atoms with Gasteiger partial charge in [-0.2, -0.15) is 0 Å². The molecular weight excluding hydrogens is 252 g/mol. The van der Waals surface area contributed by atoms with E-state index in [4.69, 9.17) is 0 Å². The van der Waals surface area contributed by atoms with Gasteiger partial charge in [0.1, 0.15) is 0 Å². The molecule has 2 amide bonds. The van der Waals surface area contributed by atoms with Crippen LogP contribution in [0.25, 0.3) is 0 Å². The maximum atomic E-state index is 12.1. The molecule has 0 saturated carbocycles. The molecule has 0 aromatic heterocycles. The van der Waals surface area contributed by atoms with Crippen molar-refractivity contribution >= 4 is 6.03 Å². The number of aliphatic hydroxyl groups is 1. The molecule has 1 atom stereocenters. The summed E-state index contributed by atoms with van der Waals surface area (Å²) in [5.74, 6) is 0.688. The van der Waals surface area contributed by atoms with Gasteiger partial charge in [-0.15, -0.1) is 0 Å². The highest BCUT2D eigenvalue weighted by atomic mass is 16.3. The summed E-state index contributed by atoms with van der Waals surface area (Å²) >= 11 is 0. The fraction of sp³-hybridized carbons (Fsp3) is 0.938. The third-order valence-electron chi connectivity index (χ3n) is 4.24. The summed E-state index contributed by atoms with van der Waals surface area (Å²) in [7, 11) is 0. The molecule has 2 N–H and O–H groups in total. The van der Waals surface area contributed by atoms with Crippen LogP contribution < -0.4 is 5.32 Å². The van der Waals surface area contributed by atoms with Crippen molar-refractivity contribution in [2.75, 3.05) is 26.2 Å². The van der Waals surface area contributed by atoms with Gasteiger partial charge in [0.05, 0.1) is 0 Å². The van der Waals surface area contributed by atoms with E-state index in [0.29, 0.717) is 12.5 Å². The number of amides is 2. The zero-order valence-corrected chi connectivity index (χ0v) is 13.5. The van der Waals surface area contributed by atoms with Crippen molar-refractivity contribution in [3.63, 3.8) is 0 Å². The van der Waals surface area contributed by atoms with Gasteiger partial charge in [0.2, 0.25) is 0 Å². The van der Waals surface area contributed by atoms with Crippen LogP contribution in [0.2, 0.25) is 0 Å². The second-order valence-corrected chi connectivity index (χ2v) is 6.90. The normalized spacial score (nSPS) is 20.0. The lowest BCUT2D eigenvalue weighted by molar-refractivity contribution is 0.145. The van der Waals surface area contributed by atoms with Crippen LogP contribution in [0.5, 0.6) is 0 Å². The van der Waals surface area contributed by atoms with E-state index < -0.39 is 0 Å². The molecule has 4 heteroatoms. The highest BCUT2D eigenvalue weighted by molar-refractivity contribution is 5.74. The number of hydrogen-bond acceptors (Lipinski definition) is 2. The molecule has 1 unspecified atom stereocenters. The standard InChI is InChI=1S/C16H32N2O2/c1-4-7-14-8-5-11-18(12-14)15(20)17-10-6-9-16(2,3)13-19/h14,19H,4-13H2,1-3H3,(H,17,20). The Morgan fingerprint density at radius 3 is 2.85 bits per heavy atom. The summed E-state index contributed by atoms with van der Waals surface area (Å²) in [5, 5.41) is 12.2. The topological polar surface area (TPSA) is 52.6 Å². The third-order valence-corrected chi connectivity index (χ3v) is 4.24. The largest absolute Gasteiger partial charge is 0.396 e. The van der Waals surface area contributed by atoms with Gasteiger partial charge in [-0.3, -0.25) is 0 Å². The second-order valence-electron chi connectivity index (χ2n) is 6.90. The van der Waals surface area contributed by atoms with Crippen LogP contribution in [0, 0.1) is 11.3 Å². The average Bonchev–Trinajstić information content (AvgIpc) is 2.44. The van der Waals surface area contributed by atoms with Crippen LogP contribution in [-0.4, -0.2) is 42.3 Å². The van der Waals surface area contributed by atoms with Gasteiger partial charge in [-0.25, -0.2) is 4.79 Å². The van der Waals surface area contributed by atoms with E-state index in [1.54, 1.807) is 0 Å². The predicted octanol–water partition coefficient (Wildman–Crippen LogP) is 3.01. The minimum Gasteiger partial charge on any atom is -0.396 e. The van der Waals surface area contributed by atoms with Crippen molar-refractivity contribution in [1.82, 2.24) is 10.2 Å². The van der Waals surface area contributed by atoms with Crippen molar-refractivity contribution in [3.8, 4) is 0 Å². The highest BCUT2D eigenvalue weighted by Gasteiger charge is 2.23. The van der Waals surface area contributed by atoms with Gasteiger partial charge < -0.3 is 15.3 Å². The van der Waals surface area contributed by atoms with Crippen molar-refractivity contribution in [2.45, 2.75) is 59.3 Å². The number of urea groups is 1. The number of carbonyl (C=O) groups excluding carboxylic acids is 1. The van der Waals surface area contributed by atoms with Crippen LogP contribution in [0.4, 0.5) is 4.79 Å². The summed E-state index contributed by atoms with van der Waals surface area (Å²) in [6.45, 7) is 9.03. The number of nitrogens with zero attached hydrogens (tertiary/aromatic N) is 1. The smallest absolute Gasteiger partial charge is 0.317 e. The lowest BCUT2D eigenvalue weighted by Crippen LogP contribution is -2.45. The van der Waals surface area contributed by atoms with Gasteiger partial charge in [0.15, 0.2) is 0 Å². The number of rotatable bonds is 7. The van der Waals surface area contributed by atoms with E-state index in [0.717, 1.165) is 32.4 Å². The van der Waals surface area contributed by atoms with Crippen LogP contribution in [0.1, 0.15) is 59.3 Å². The monoisotopic (exact) mass is 284 g/mol. The Morgan fingerprint density at radius 2 is 2.20 bits per heavy atom. The molecule has 0 bridgehead atoms. The molecule has 4 nitrogen and oxygen atoms in total. The highest BCUT2D eigenvalue weighted by Crippen LogP contribution is 2.21. The molecule has 1 aliphatic heterocycles. The molecule has 0 aliphatic carbocycles. The van der Waals surface area contributed by atoms with E-state index in [2.05, 4.69) is 26.1 Å². The zero-order valence-electron chi connectivity index (χ0n) is 13.5. The summed E-state index contributed by atoms with van der Waals surface area (Å²) in [6, 6.07) is 0.0904. The summed E-state index contributed by atoms with van der Waals surface area (Å²) in [5.41, 5.74) is -0.0396. The number of likely N-dealkylation sites (tertiary alicyclic amines) is 1. The molecule has 0 radical (unpaired) electrons. The van der Waals surface area contributed by atoms with Crippen molar-refractivity contribution < 1.29 is 9.90 Å². The number of piperidine rings is 1. The lowest BCUT2D eigenvalue weighted by atomic mass is 9.89. The van der Waals surface area contributed by atoms with Crippen LogP contribution in [0.15, 0.2) is 0 Å². The zero-order chi connectivity index (χ0) is 15.0. The first kappa shape index (κ1) is 17.3. The molecule has 1 heterocycles. The van der Waals surface area contributed by atoms with Gasteiger partial charge in [-0.05, 0) is 43.4 Å². The Balaban J connectivity index is 2.22. The molecular formula is C16H32N2O2. The lowest BCUT2D eigenvalue weighted by Gasteiger charge is -2.32. The predicted molar refractivity (Wildman–Crippen MR) is 82.7 cm³/mol. The second kappa shape index (κ2) is 8.50. The molecule has 118 valence electrons.